The molecular formula is C28H40N6O6S. The van der Waals surface area contributed by atoms with Gasteiger partial charge in [-0.3, -0.25) is 9.35 Å². The lowest BCUT2D eigenvalue weighted by molar-refractivity contribution is -0.120. The van der Waals surface area contributed by atoms with E-state index >= 15 is 0 Å². The van der Waals surface area contributed by atoms with Gasteiger partial charge in [0.25, 0.3) is 10.1 Å². The van der Waals surface area contributed by atoms with Crippen molar-refractivity contribution in [3.05, 3.63) is 70.6 Å². The second kappa shape index (κ2) is 14.5. The van der Waals surface area contributed by atoms with Crippen molar-refractivity contribution in [1.82, 2.24) is 24.7 Å². The van der Waals surface area contributed by atoms with E-state index < -0.39 is 10.1 Å². The van der Waals surface area contributed by atoms with Crippen molar-refractivity contribution in [1.29, 1.82) is 0 Å². The number of hydrogen-bond acceptors (Lipinski definition) is 8. The summed E-state index contributed by atoms with van der Waals surface area (Å²) in [5, 5.41) is 7.82. The van der Waals surface area contributed by atoms with Gasteiger partial charge in [-0.1, -0.05) is 42.8 Å². The number of rotatable bonds is 10. The molecule has 224 valence electrons. The monoisotopic (exact) mass is 588 g/mol. The Kier molecular flexibility index (Phi) is 11.4. The number of hydrogen-bond donors (Lipinski definition) is 1. The van der Waals surface area contributed by atoms with Crippen LogP contribution in [0, 0.1) is 6.92 Å². The number of amides is 1. The Balaban J connectivity index is 0.000000352. The summed E-state index contributed by atoms with van der Waals surface area (Å²) in [6, 6.07) is 15.8. The van der Waals surface area contributed by atoms with E-state index in [1.807, 2.05) is 56.0 Å². The van der Waals surface area contributed by atoms with E-state index in [1.54, 1.807) is 19.2 Å². The van der Waals surface area contributed by atoms with Gasteiger partial charge >= 0.3 is 5.69 Å². The minimum absolute atomic E-state index is 0.0666. The van der Waals surface area contributed by atoms with Crippen LogP contribution in [0.25, 0.3) is 0 Å². The Hall–Kier alpha value is -3.39. The maximum absolute atomic E-state index is 13.0. The van der Waals surface area contributed by atoms with Crippen LogP contribution in [0.5, 0.6) is 0 Å². The predicted octanol–water partition coefficient (Wildman–Crippen LogP) is 2.63. The number of likely N-dealkylation sites (tertiary alicyclic amines) is 1. The standard InChI is InChI=1S/C21H32N6O3.C7H8O3S/c1-4-19(28)27(18-9-7-6-8-10-18)21(17-30-3)11-13-24(14-12-21)15-16-26-20(29)25(5-2)22-23-26;1-6-2-4-7(5-3-6)11(8,9)10/h6-10H,4-5,11-17H2,1-3H3;2-5H,1H3,(H,8,9,10). The second-order valence-corrected chi connectivity index (χ2v) is 11.4. The number of piperidine rings is 1. The molecule has 2 aromatic carbocycles. The molecule has 0 radical (unpaired) electrons. The number of anilines is 1. The summed E-state index contributed by atoms with van der Waals surface area (Å²) in [4.78, 5) is 29.3. The van der Waals surface area contributed by atoms with Gasteiger partial charge in [-0.05, 0) is 61.4 Å². The Morgan fingerprint density at radius 3 is 2.12 bits per heavy atom. The molecule has 0 bridgehead atoms. The Labute approximate surface area is 241 Å². The van der Waals surface area contributed by atoms with Gasteiger partial charge in [0, 0.05) is 45.4 Å². The molecule has 4 rings (SSSR count). The van der Waals surface area contributed by atoms with Gasteiger partial charge in [-0.25, -0.2) is 4.79 Å². The molecule has 1 saturated heterocycles. The van der Waals surface area contributed by atoms with Gasteiger partial charge in [0.1, 0.15) is 0 Å². The topological polar surface area (TPSA) is 140 Å². The van der Waals surface area contributed by atoms with Crippen LogP contribution in [-0.4, -0.2) is 82.5 Å². The van der Waals surface area contributed by atoms with Crippen LogP contribution in [-0.2, 0) is 32.7 Å². The van der Waals surface area contributed by atoms with Crippen LogP contribution >= 0.6 is 0 Å². The zero-order chi connectivity index (χ0) is 30.0. The Bertz CT molecular complexity index is 1410. The molecule has 13 heteroatoms. The third kappa shape index (κ3) is 8.32. The van der Waals surface area contributed by atoms with E-state index in [-0.39, 0.29) is 22.0 Å². The first-order chi connectivity index (χ1) is 19.5. The van der Waals surface area contributed by atoms with Crippen LogP contribution < -0.4 is 10.6 Å². The zero-order valence-corrected chi connectivity index (χ0v) is 25.0. The molecule has 1 aliphatic rings. The van der Waals surface area contributed by atoms with Crippen molar-refractivity contribution in [3.63, 3.8) is 0 Å². The van der Waals surface area contributed by atoms with Crippen molar-refractivity contribution in [2.75, 3.05) is 38.3 Å². The fourth-order valence-corrected chi connectivity index (χ4v) is 5.38. The van der Waals surface area contributed by atoms with E-state index in [1.165, 1.54) is 21.5 Å². The van der Waals surface area contributed by atoms with Crippen molar-refractivity contribution >= 4 is 21.7 Å². The molecule has 0 atom stereocenters. The summed E-state index contributed by atoms with van der Waals surface area (Å²) in [6.45, 7) is 9.49. The summed E-state index contributed by atoms with van der Waals surface area (Å²) in [7, 11) is -2.33. The van der Waals surface area contributed by atoms with E-state index in [0.29, 0.717) is 26.1 Å². The summed E-state index contributed by atoms with van der Waals surface area (Å²) < 4.78 is 37.9. The van der Waals surface area contributed by atoms with Gasteiger partial charge in [0.05, 0.1) is 23.6 Å². The summed E-state index contributed by atoms with van der Waals surface area (Å²) >= 11 is 0. The summed E-state index contributed by atoms with van der Waals surface area (Å²) in [6.07, 6.45) is 2.05. The maximum Gasteiger partial charge on any atom is 0.363 e. The van der Waals surface area contributed by atoms with Gasteiger partial charge < -0.3 is 14.5 Å². The van der Waals surface area contributed by atoms with E-state index in [9.17, 15) is 18.0 Å². The first kappa shape index (κ1) is 32.1. The molecule has 0 saturated carbocycles. The molecule has 1 fully saturated rings. The SMILES string of the molecule is CCC(=O)N(c1ccccc1)C1(COC)CCN(CCn2nnn(CC)c2=O)CC1.Cc1ccc(S(=O)(=O)O)cc1. The van der Waals surface area contributed by atoms with Crippen molar-refractivity contribution in [2.45, 2.75) is 63.6 Å². The first-order valence-electron chi connectivity index (χ1n) is 13.7. The number of ether oxygens (including phenoxy) is 1. The number of nitrogens with zero attached hydrogens (tertiary/aromatic N) is 6. The summed E-state index contributed by atoms with van der Waals surface area (Å²) in [5.74, 6) is 0.106. The van der Waals surface area contributed by atoms with Crippen molar-refractivity contribution in [2.24, 2.45) is 0 Å². The quantitative estimate of drug-likeness (QED) is 0.354. The van der Waals surface area contributed by atoms with Crippen LogP contribution in [0.15, 0.2) is 64.3 Å². The molecule has 1 aliphatic heterocycles. The van der Waals surface area contributed by atoms with Crippen molar-refractivity contribution in [3.8, 4) is 0 Å². The highest BCUT2D eigenvalue weighted by Gasteiger charge is 2.42. The number of aromatic nitrogens is 4. The second-order valence-electron chi connectivity index (χ2n) is 10.0. The van der Waals surface area contributed by atoms with Gasteiger partial charge in [-0.2, -0.15) is 17.8 Å². The lowest BCUT2D eigenvalue weighted by atomic mass is 9.85. The summed E-state index contributed by atoms with van der Waals surface area (Å²) in [5.41, 5.74) is 1.32. The molecule has 0 spiro atoms. The lowest BCUT2D eigenvalue weighted by Gasteiger charge is -2.48. The van der Waals surface area contributed by atoms with E-state index in [4.69, 9.17) is 9.29 Å². The van der Waals surface area contributed by atoms with Gasteiger partial charge in [0.2, 0.25) is 5.91 Å². The maximum atomic E-state index is 13.0. The molecule has 0 aliphatic carbocycles. The number of tetrazole rings is 1. The van der Waals surface area contributed by atoms with E-state index in [2.05, 4.69) is 15.3 Å². The fourth-order valence-electron chi connectivity index (χ4n) is 4.90. The lowest BCUT2D eigenvalue weighted by Crippen LogP contribution is -2.60. The average molecular weight is 589 g/mol. The van der Waals surface area contributed by atoms with Crippen LogP contribution in [0.4, 0.5) is 5.69 Å². The number of carbonyl (C=O) groups excluding carboxylic acids is 1. The molecule has 1 N–H and O–H groups in total. The predicted molar refractivity (Wildman–Crippen MR) is 155 cm³/mol. The number of benzene rings is 2. The molecule has 2 heterocycles. The molecule has 3 aromatic rings. The largest absolute Gasteiger partial charge is 0.382 e. The highest BCUT2D eigenvalue weighted by molar-refractivity contribution is 7.85. The molecular weight excluding hydrogens is 548 g/mol. The first-order valence-corrected chi connectivity index (χ1v) is 15.1. The number of methoxy groups -OCH3 is 1. The zero-order valence-electron chi connectivity index (χ0n) is 24.1. The average Bonchev–Trinajstić information content (AvgIpc) is 3.32. The third-order valence-electron chi connectivity index (χ3n) is 7.18. The van der Waals surface area contributed by atoms with Gasteiger partial charge in [0.15, 0.2) is 0 Å². The van der Waals surface area contributed by atoms with Crippen LogP contribution in [0.2, 0.25) is 0 Å². The molecule has 41 heavy (non-hydrogen) atoms. The number of para-hydroxylation sites is 1. The Morgan fingerprint density at radius 2 is 1.61 bits per heavy atom. The van der Waals surface area contributed by atoms with Crippen LogP contribution in [0.3, 0.4) is 0 Å². The van der Waals surface area contributed by atoms with Crippen molar-refractivity contribution < 1.29 is 22.5 Å². The molecule has 1 amide bonds. The smallest absolute Gasteiger partial charge is 0.363 e. The highest BCUT2D eigenvalue weighted by Crippen LogP contribution is 2.34. The normalized spacial score (nSPS) is 15.1. The minimum Gasteiger partial charge on any atom is -0.382 e. The molecule has 12 nitrogen and oxygen atoms in total. The highest BCUT2D eigenvalue weighted by atomic mass is 32.2. The van der Waals surface area contributed by atoms with E-state index in [0.717, 1.165) is 43.7 Å². The molecule has 1 aromatic heterocycles. The Morgan fingerprint density at radius 1 is 1.00 bits per heavy atom. The molecule has 0 unspecified atom stereocenters. The van der Waals surface area contributed by atoms with Crippen LogP contribution in [0.1, 0.15) is 38.7 Å². The number of carbonyl (C=O) groups is 1. The number of aryl methyl sites for hydroxylation is 2. The fraction of sp³-hybridized carbons (Fsp3) is 0.500. The minimum atomic E-state index is -4.02. The van der Waals surface area contributed by atoms with Gasteiger partial charge in [-0.15, -0.1) is 0 Å². The third-order valence-corrected chi connectivity index (χ3v) is 8.05.